The molecule has 12 heteroatoms. The summed E-state index contributed by atoms with van der Waals surface area (Å²) in [5.74, 6) is 2.19. The van der Waals surface area contributed by atoms with E-state index in [1.807, 2.05) is 151 Å². The predicted octanol–water partition coefficient (Wildman–Crippen LogP) is 9.27. The number of aromatic nitrogens is 4. The molecule has 4 aromatic carbocycles. The van der Waals surface area contributed by atoms with Crippen molar-refractivity contribution in [1.82, 2.24) is 19.1 Å². The minimum Gasteiger partial charge on any atom is -0.457 e. The number of rotatable bonds is 8. The topological polar surface area (TPSA) is 66.1 Å². The second-order valence-electron chi connectivity index (χ2n) is 13.3. The van der Waals surface area contributed by atoms with Crippen LogP contribution in [-0.4, -0.2) is 63.5 Å². The summed E-state index contributed by atoms with van der Waals surface area (Å²) in [7, 11) is 3.82. The third-order valence-corrected chi connectivity index (χ3v) is 9.55. The molecule has 0 atom stereocenters. The highest BCUT2D eigenvalue weighted by atomic mass is 19.1. The first kappa shape index (κ1) is 32.8. The van der Waals surface area contributed by atoms with E-state index in [1.54, 1.807) is 0 Å². The lowest BCUT2D eigenvalue weighted by Crippen LogP contribution is -1.98. The molecule has 0 saturated heterocycles. The second-order valence-corrected chi connectivity index (χ2v) is 13.3. The molecule has 6 heterocycles. The molecule has 56 heavy (non-hydrogen) atoms. The average molecular weight is 741 g/mol. The Hall–Kier alpha value is -7.78. The molecular weight excluding hydrogens is 711 g/mol. The van der Waals surface area contributed by atoms with Crippen molar-refractivity contribution in [3.05, 3.63) is 158 Å². The Kier molecular flexibility index (Phi) is 7.60. The zero-order chi connectivity index (χ0) is 37.9. The van der Waals surface area contributed by atoms with E-state index in [0.29, 0.717) is 45.7 Å². The smallest absolute Gasteiger partial charge is 0.457 e. The molecular formula is C44H30F2N8O2+4. The number of ether oxygens (including phenoxy) is 2. The predicted molar refractivity (Wildman–Crippen MR) is 207 cm³/mol. The van der Waals surface area contributed by atoms with E-state index in [2.05, 4.69) is 22.0 Å². The first-order valence-corrected chi connectivity index (χ1v) is 17.7. The second kappa shape index (κ2) is 13.0. The van der Waals surface area contributed by atoms with Crippen molar-refractivity contribution in [2.24, 2.45) is 0 Å². The van der Waals surface area contributed by atoms with Gasteiger partial charge in [0, 0.05) is 59.6 Å². The first-order chi connectivity index (χ1) is 27.3. The number of fused-ring (bicyclic) bond motifs is 5. The van der Waals surface area contributed by atoms with Crippen molar-refractivity contribution in [3.8, 4) is 34.6 Å². The van der Waals surface area contributed by atoms with E-state index in [1.165, 1.54) is 36.7 Å². The van der Waals surface area contributed by atoms with Crippen LogP contribution in [0.1, 0.15) is 0 Å². The van der Waals surface area contributed by atoms with Gasteiger partial charge in [0.15, 0.2) is 14.1 Å². The molecule has 0 unspecified atom stereocenters. The molecule has 268 valence electrons. The maximum atomic E-state index is 15.0. The van der Waals surface area contributed by atoms with Crippen molar-refractivity contribution in [2.45, 2.75) is 0 Å². The molecule has 2 aliphatic rings. The van der Waals surface area contributed by atoms with Crippen LogP contribution in [-0.2, 0) is 0 Å². The fraction of sp³-hybridized carbons (Fsp3) is 0.0455. The third kappa shape index (κ3) is 5.75. The van der Waals surface area contributed by atoms with Crippen LogP contribution in [0, 0.1) is 11.6 Å². The van der Waals surface area contributed by atoms with E-state index >= 15 is 0 Å². The van der Waals surface area contributed by atoms with Crippen LogP contribution < -0.4 is 9.47 Å². The van der Waals surface area contributed by atoms with Gasteiger partial charge in [-0.15, -0.1) is 0 Å². The van der Waals surface area contributed by atoms with Gasteiger partial charge in [-0.05, 0) is 48.5 Å². The Morgan fingerprint density at radius 3 is 1.38 bits per heavy atom. The molecule has 0 N–H and O–H groups in total. The van der Waals surface area contributed by atoms with Gasteiger partial charge in [0.2, 0.25) is 23.8 Å². The van der Waals surface area contributed by atoms with E-state index in [9.17, 15) is 8.78 Å². The molecule has 0 aliphatic carbocycles. The average Bonchev–Trinajstić information content (AvgIpc) is 3.98. The van der Waals surface area contributed by atoms with E-state index in [0.717, 1.165) is 33.2 Å². The summed E-state index contributed by atoms with van der Waals surface area (Å²) in [5.41, 5.74) is 4.61. The van der Waals surface area contributed by atoms with Crippen LogP contribution in [0.2, 0.25) is 0 Å². The van der Waals surface area contributed by atoms with Crippen molar-refractivity contribution >= 4 is 56.2 Å². The third-order valence-electron chi connectivity index (χ3n) is 9.55. The highest BCUT2D eigenvalue weighted by Crippen LogP contribution is 2.43. The number of pyridine rings is 2. The van der Waals surface area contributed by atoms with Gasteiger partial charge < -0.3 is 9.47 Å². The molecule has 10 rings (SSSR count). The van der Waals surface area contributed by atoms with Crippen molar-refractivity contribution in [2.75, 3.05) is 14.1 Å². The molecule has 2 aliphatic heterocycles. The Bertz CT molecular complexity index is 2970. The number of benzene rings is 4. The molecule has 0 saturated carbocycles. The van der Waals surface area contributed by atoms with Gasteiger partial charge >= 0.3 is 12.0 Å². The summed E-state index contributed by atoms with van der Waals surface area (Å²) in [6.45, 7) is 0. The van der Waals surface area contributed by atoms with Gasteiger partial charge in [-0.25, -0.2) is 18.7 Å². The van der Waals surface area contributed by atoms with Crippen molar-refractivity contribution < 1.29 is 36.6 Å². The highest BCUT2D eigenvalue weighted by Gasteiger charge is 2.25. The Balaban J connectivity index is 1.16. The van der Waals surface area contributed by atoms with Gasteiger partial charge in [-0.3, -0.25) is 9.13 Å². The van der Waals surface area contributed by atoms with E-state index in [-0.39, 0.29) is 0 Å². The van der Waals surface area contributed by atoms with Crippen LogP contribution in [0.25, 0.3) is 44.5 Å². The minimum absolute atomic E-state index is 0.360. The molecule has 0 fully saturated rings. The lowest BCUT2D eigenvalue weighted by molar-refractivity contribution is -0.429. The van der Waals surface area contributed by atoms with Crippen LogP contribution in [0.3, 0.4) is 0 Å². The molecule has 0 amide bonds. The zero-order valence-electron chi connectivity index (χ0n) is 30.0. The molecule has 4 aromatic heterocycles. The van der Waals surface area contributed by atoms with Crippen LogP contribution in [0.15, 0.2) is 146 Å². The molecule has 0 bridgehead atoms. The number of halogens is 2. The Morgan fingerprint density at radius 1 is 0.518 bits per heavy atom. The van der Waals surface area contributed by atoms with E-state index in [4.69, 9.17) is 9.47 Å². The van der Waals surface area contributed by atoms with Crippen LogP contribution >= 0.6 is 0 Å². The summed E-state index contributed by atoms with van der Waals surface area (Å²) in [6.07, 6.45) is 10.5. The normalized spacial score (nSPS) is 13.4. The Morgan fingerprint density at radius 2 is 0.964 bits per heavy atom. The summed E-state index contributed by atoms with van der Waals surface area (Å²) in [5, 5.41) is 1.57. The largest absolute Gasteiger partial charge is 0.495 e. The van der Waals surface area contributed by atoms with E-state index < -0.39 is 11.6 Å². The summed E-state index contributed by atoms with van der Waals surface area (Å²) >= 11 is 0. The summed E-state index contributed by atoms with van der Waals surface area (Å²) in [6, 6.07) is 38.7. The summed E-state index contributed by atoms with van der Waals surface area (Å²) in [4.78, 5) is 9.22. The molecule has 0 radical (unpaired) electrons. The van der Waals surface area contributed by atoms with Gasteiger partial charge in [0.25, 0.3) is 12.4 Å². The standard InChI is InChI=1S/C44H30F2N8O2/c1-49-17-19-51(27-49)31-5-3-7-33(23-31)55-35-9-11-37-39(25-35)53(41-21-29(45)13-15-47-41)44-38-12-10-36(26-40(38)54(43(37)44)42-22-30(46)14-16-48-42)56-34-8-4-6-32(24-34)52-20-18-50(2)28-52/h3-26H,1-2H3/q+4. The SMILES string of the molecule is C[N+]1=C=[N+](c2cccc(Oc3ccc4c(c3)n(-c3cc(F)ccn3)c3c5ccc(Oc6cccc([N+]7=C=[N+](C)C=C7)c6)cc5n(-c5cc(F)ccn5)c43)c2)C=C1. The Labute approximate surface area is 317 Å². The maximum Gasteiger partial charge on any atom is 0.495 e. The quantitative estimate of drug-likeness (QED) is 0.146. The molecule has 10 nitrogen and oxygen atoms in total. The minimum atomic E-state index is -0.441. The number of nitrogens with zero attached hydrogens (tertiary/aromatic N) is 8. The number of hydrogen-bond donors (Lipinski definition) is 0. The maximum absolute atomic E-state index is 15.0. The lowest BCUT2D eigenvalue weighted by Gasteiger charge is -2.11. The fourth-order valence-corrected chi connectivity index (χ4v) is 7.14. The highest BCUT2D eigenvalue weighted by molar-refractivity contribution is 6.20. The monoisotopic (exact) mass is 740 g/mol. The lowest BCUT2D eigenvalue weighted by atomic mass is 10.2. The van der Waals surface area contributed by atoms with Crippen molar-refractivity contribution in [1.29, 1.82) is 0 Å². The molecule has 0 spiro atoms. The van der Waals surface area contributed by atoms with Crippen LogP contribution in [0.5, 0.6) is 23.0 Å². The fourth-order valence-electron chi connectivity index (χ4n) is 7.14. The van der Waals surface area contributed by atoms with Crippen LogP contribution in [0.4, 0.5) is 20.2 Å². The van der Waals surface area contributed by atoms with Gasteiger partial charge in [-0.2, -0.15) is 0 Å². The first-order valence-electron chi connectivity index (χ1n) is 17.7. The number of hydrogen-bond acceptors (Lipinski definition) is 4. The van der Waals surface area contributed by atoms with Gasteiger partial charge in [0.1, 0.15) is 46.3 Å². The zero-order valence-corrected chi connectivity index (χ0v) is 30.0. The molecule has 8 aromatic rings. The van der Waals surface area contributed by atoms with Gasteiger partial charge in [-0.1, -0.05) is 30.4 Å². The van der Waals surface area contributed by atoms with Crippen molar-refractivity contribution in [3.63, 3.8) is 0 Å². The summed E-state index contributed by atoms with van der Waals surface area (Å²) < 4.78 is 54.1. The van der Waals surface area contributed by atoms with Gasteiger partial charge in [0.05, 0.1) is 34.2 Å².